The molecule has 1 aromatic rings. The first-order chi connectivity index (χ1) is 7.44. The van der Waals surface area contributed by atoms with Gasteiger partial charge in [-0.2, -0.15) is 0 Å². The molecule has 0 saturated heterocycles. The van der Waals surface area contributed by atoms with E-state index in [0.717, 1.165) is 5.56 Å². The van der Waals surface area contributed by atoms with Gasteiger partial charge < -0.3 is 10.5 Å². The quantitative estimate of drug-likeness (QED) is 0.883. The van der Waals surface area contributed by atoms with E-state index in [1.165, 1.54) is 0 Å². The summed E-state index contributed by atoms with van der Waals surface area (Å²) in [4.78, 5) is 0. The largest absolute Gasteiger partial charge is 0.380 e. The molecule has 0 fully saturated rings. The highest BCUT2D eigenvalue weighted by Gasteiger charge is 2.20. The predicted molar refractivity (Wildman–Crippen MR) is 69.3 cm³/mol. The van der Waals surface area contributed by atoms with Crippen molar-refractivity contribution in [2.75, 3.05) is 13.2 Å². The Kier molecular flexibility index (Phi) is 5.06. The summed E-state index contributed by atoms with van der Waals surface area (Å²) in [6.45, 7) is 5.09. The summed E-state index contributed by atoms with van der Waals surface area (Å²) in [6, 6.07) is 5.45. The van der Waals surface area contributed by atoms with Crippen molar-refractivity contribution in [1.82, 2.24) is 0 Å². The lowest BCUT2D eigenvalue weighted by Crippen LogP contribution is -2.43. The maximum atomic E-state index is 6.13. The topological polar surface area (TPSA) is 35.2 Å². The standard InChI is InChI=1S/C12H17Cl2NO/c1-3-16-8-12(2,15)7-9-4-5-10(13)6-11(9)14/h4-6H,3,7-8,15H2,1-2H3. The second-order valence-electron chi connectivity index (χ2n) is 4.20. The zero-order valence-corrected chi connectivity index (χ0v) is 11.1. The number of nitrogens with two attached hydrogens (primary N) is 1. The molecule has 0 aromatic heterocycles. The van der Waals surface area contributed by atoms with Gasteiger partial charge in [0, 0.05) is 22.2 Å². The van der Waals surface area contributed by atoms with Gasteiger partial charge in [0.05, 0.1) is 6.61 Å². The van der Waals surface area contributed by atoms with E-state index in [-0.39, 0.29) is 0 Å². The molecule has 2 nitrogen and oxygen atoms in total. The molecule has 0 heterocycles. The van der Waals surface area contributed by atoms with E-state index in [9.17, 15) is 0 Å². The van der Waals surface area contributed by atoms with Crippen molar-refractivity contribution >= 4 is 23.2 Å². The summed E-state index contributed by atoms with van der Waals surface area (Å²) >= 11 is 11.9. The highest BCUT2D eigenvalue weighted by Crippen LogP contribution is 2.24. The van der Waals surface area contributed by atoms with E-state index in [2.05, 4.69) is 0 Å². The van der Waals surface area contributed by atoms with Crippen molar-refractivity contribution in [2.24, 2.45) is 5.73 Å². The minimum Gasteiger partial charge on any atom is -0.380 e. The molecule has 16 heavy (non-hydrogen) atoms. The Bertz CT molecular complexity index is 353. The van der Waals surface area contributed by atoms with Crippen molar-refractivity contribution < 1.29 is 4.74 Å². The molecule has 0 spiro atoms. The summed E-state index contributed by atoms with van der Waals surface area (Å²) in [5, 5.41) is 1.29. The Hall–Kier alpha value is -0.280. The molecule has 0 bridgehead atoms. The second-order valence-corrected chi connectivity index (χ2v) is 5.05. The monoisotopic (exact) mass is 261 g/mol. The molecule has 1 rings (SSSR count). The predicted octanol–water partition coefficient (Wildman–Crippen LogP) is 3.29. The first kappa shape index (κ1) is 13.8. The number of hydrogen-bond acceptors (Lipinski definition) is 2. The lowest BCUT2D eigenvalue weighted by Gasteiger charge is -2.24. The van der Waals surface area contributed by atoms with Crippen molar-refractivity contribution in [2.45, 2.75) is 25.8 Å². The Labute approximate surface area is 107 Å². The van der Waals surface area contributed by atoms with E-state index in [1.54, 1.807) is 6.07 Å². The molecule has 2 N–H and O–H groups in total. The smallest absolute Gasteiger partial charge is 0.0646 e. The number of hydrogen-bond donors (Lipinski definition) is 1. The number of ether oxygens (including phenoxy) is 1. The number of benzene rings is 1. The van der Waals surface area contributed by atoms with Gasteiger partial charge in [0.2, 0.25) is 0 Å². The Morgan fingerprint density at radius 1 is 1.38 bits per heavy atom. The van der Waals surface area contributed by atoms with Crippen LogP contribution >= 0.6 is 23.2 Å². The molecular formula is C12H17Cl2NO. The van der Waals surface area contributed by atoms with Crippen molar-refractivity contribution in [3.63, 3.8) is 0 Å². The van der Waals surface area contributed by atoms with E-state index in [0.29, 0.717) is 29.7 Å². The van der Waals surface area contributed by atoms with Gasteiger partial charge in [0.1, 0.15) is 0 Å². The van der Waals surface area contributed by atoms with Crippen LogP contribution in [0.15, 0.2) is 18.2 Å². The normalized spacial score (nSPS) is 14.8. The molecule has 4 heteroatoms. The third-order valence-electron chi connectivity index (χ3n) is 2.25. The molecule has 90 valence electrons. The van der Waals surface area contributed by atoms with Crippen LogP contribution in [0.5, 0.6) is 0 Å². The highest BCUT2D eigenvalue weighted by molar-refractivity contribution is 6.35. The van der Waals surface area contributed by atoms with Crippen LogP contribution in [0, 0.1) is 0 Å². The van der Waals surface area contributed by atoms with Gasteiger partial charge in [-0.1, -0.05) is 29.3 Å². The minimum absolute atomic E-state index is 0.409. The van der Waals surface area contributed by atoms with Gasteiger partial charge in [-0.25, -0.2) is 0 Å². The summed E-state index contributed by atoms with van der Waals surface area (Å²) in [5.74, 6) is 0. The zero-order valence-electron chi connectivity index (χ0n) is 9.59. The highest BCUT2D eigenvalue weighted by atomic mass is 35.5. The molecule has 1 atom stereocenters. The Morgan fingerprint density at radius 3 is 2.62 bits per heavy atom. The molecule has 0 aliphatic heterocycles. The van der Waals surface area contributed by atoms with Gasteiger partial charge in [-0.3, -0.25) is 0 Å². The first-order valence-electron chi connectivity index (χ1n) is 5.25. The molecule has 0 radical (unpaired) electrons. The molecule has 1 unspecified atom stereocenters. The molecule has 0 aliphatic rings. The third kappa shape index (κ3) is 4.30. The average molecular weight is 262 g/mol. The van der Waals surface area contributed by atoms with Crippen LogP contribution in [0.3, 0.4) is 0 Å². The van der Waals surface area contributed by atoms with Gasteiger partial charge >= 0.3 is 0 Å². The summed E-state index contributed by atoms with van der Waals surface area (Å²) in [5.41, 5.74) is 6.71. The summed E-state index contributed by atoms with van der Waals surface area (Å²) < 4.78 is 5.34. The molecule has 0 aliphatic carbocycles. The summed E-state index contributed by atoms with van der Waals surface area (Å²) in [7, 11) is 0. The fraction of sp³-hybridized carbons (Fsp3) is 0.500. The van der Waals surface area contributed by atoms with Crippen molar-refractivity contribution in [3.8, 4) is 0 Å². The van der Waals surface area contributed by atoms with Crippen LogP contribution in [-0.2, 0) is 11.2 Å². The fourth-order valence-electron chi connectivity index (χ4n) is 1.49. The summed E-state index contributed by atoms with van der Waals surface area (Å²) in [6.07, 6.45) is 0.670. The van der Waals surface area contributed by atoms with Gasteiger partial charge in [-0.05, 0) is 38.0 Å². The Morgan fingerprint density at radius 2 is 2.06 bits per heavy atom. The van der Waals surface area contributed by atoms with Gasteiger partial charge in [-0.15, -0.1) is 0 Å². The lowest BCUT2D eigenvalue weighted by atomic mass is 9.95. The maximum absolute atomic E-state index is 6.13. The van der Waals surface area contributed by atoms with E-state index in [4.69, 9.17) is 33.7 Å². The van der Waals surface area contributed by atoms with E-state index in [1.807, 2.05) is 26.0 Å². The van der Waals surface area contributed by atoms with E-state index >= 15 is 0 Å². The number of halogens is 2. The van der Waals surface area contributed by atoms with Gasteiger partial charge in [0.25, 0.3) is 0 Å². The fourth-order valence-corrected chi connectivity index (χ4v) is 1.96. The molecular weight excluding hydrogens is 245 g/mol. The van der Waals surface area contributed by atoms with Crippen LogP contribution in [0.1, 0.15) is 19.4 Å². The Balaban J connectivity index is 2.71. The van der Waals surface area contributed by atoms with E-state index < -0.39 is 5.54 Å². The van der Waals surface area contributed by atoms with Crippen LogP contribution in [0.4, 0.5) is 0 Å². The second kappa shape index (κ2) is 5.87. The first-order valence-corrected chi connectivity index (χ1v) is 6.01. The number of rotatable bonds is 5. The molecule has 1 aromatic carbocycles. The van der Waals surface area contributed by atoms with Crippen LogP contribution in [-0.4, -0.2) is 18.8 Å². The molecule has 0 saturated carbocycles. The van der Waals surface area contributed by atoms with Crippen LogP contribution in [0.2, 0.25) is 10.0 Å². The van der Waals surface area contributed by atoms with Crippen LogP contribution in [0.25, 0.3) is 0 Å². The SMILES string of the molecule is CCOCC(C)(N)Cc1ccc(Cl)cc1Cl. The molecule has 0 amide bonds. The zero-order chi connectivity index (χ0) is 12.2. The minimum atomic E-state index is -0.409. The maximum Gasteiger partial charge on any atom is 0.0646 e. The third-order valence-corrected chi connectivity index (χ3v) is 2.83. The average Bonchev–Trinajstić information content (AvgIpc) is 2.19. The van der Waals surface area contributed by atoms with Crippen LogP contribution < -0.4 is 5.73 Å². The van der Waals surface area contributed by atoms with Crippen molar-refractivity contribution in [3.05, 3.63) is 33.8 Å². The van der Waals surface area contributed by atoms with Gasteiger partial charge in [0.15, 0.2) is 0 Å². The van der Waals surface area contributed by atoms with Crippen molar-refractivity contribution in [1.29, 1.82) is 0 Å². The lowest BCUT2D eigenvalue weighted by molar-refractivity contribution is 0.101.